The Hall–Kier alpha value is -1.18. The van der Waals surface area contributed by atoms with Gasteiger partial charge in [-0.1, -0.05) is 39.2 Å². The second-order valence-electron chi connectivity index (χ2n) is 4.68. The Morgan fingerprint density at radius 2 is 1.59 bits per heavy atom. The fourth-order valence-electron chi connectivity index (χ4n) is 2.02. The predicted molar refractivity (Wildman–Crippen MR) is 71.6 cm³/mol. The van der Waals surface area contributed by atoms with E-state index in [1.54, 1.807) is 6.07 Å². The van der Waals surface area contributed by atoms with Gasteiger partial charge in [-0.3, -0.25) is 0 Å². The fourth-order valence-corrected chi connectivity index (χ4v) is 2.02. The van der Waals surface area contributed by atoms with Crippen molar-refractivity contribution in [3.8, 4) is 11.5 Å². The Bertz CT molecular complexity index is 345. The van der Waals surface area contributed by atoms with Crippen LogP contribution in [0.4, 0.5) is 0 Å². The Kier molecular flexibility index (Phi) is 5.88. The normalized spacial score (nSPS) is 10.7. The molecule has 0 heterocycles. The molecule has 0 aliphatic carbocycles. The second-order valence-corrected chi connectivity index (χ2v) is 4.68. The minimum atomic E-state index is 0.0325. The van der Waals surface area contributed by atoms with Crippen LogP contribution < -0.4 is 0 Å². The van der Waals surface area contributed by atoms with Crippen molar-refractivity contribution >= 4 is 0 Å². The summed E-state index contributed by atoms with van der Waals surface area (Å²) in [6.07, 6.45) is 7.51. The average molecular weight is 236 g/mol. The number of rotatable bonds is 7. The van der Waals surface area contributed by atoms with Crippen LogP contribution in [0.1, 0.15) is 57.1 Å². The first-order chi connectivity index (χ1) is 8.19. The van der Waals surface area contributed by atoms with Crippen molar-refractivity contribution in [1.29, 1.82) is 0 Å². The lowest BCUT2D eigenvalue weighted by Crippen LogP contribution is -1.92. The molecule has 96 valence electrons. The summed E-state index contributed by atoms with van der Waals surface area (Å²) in [5, 5.41) is 19.5. The molecule has 0 aliphatic rings. The molecule has 2 nitrogen and oxygen atoms in total. The summed E-state index contributed by atoms with van der Waals surface area (Å²) in [6.45, 7) is 4.32. The quantitative estimate of drug-likeness (QED) is 0.551. The Balaban J connectivity index is 2.75. The summed E-state index contributed by atoms with van der Waals surface area (Å²) in [5.74, 6) is 0.103. The summed E-state index contributed by atoms with van der Waals surface area (Å²) in [5.41, 5.74) is 2.03. The molecule has 17 heavy (non-hydrogen) atoms. The highest BCUT2D eigenvalue weighted by molar-refractivity contribution is 5.47. The molecule has 0 saturated heterocycles. The first-order valence-electron chi connectivity index (χ1n) is 6.72. The molecular formula is C15H24O2. The van der Waals surface area contributed by atoms with Crippen molar-refractivity contribution < 1.29 is 10.2 Å². The maximum absolute atomic E-state index is 9.80. The maximum Gasteiger partial charge on any atom is 0.160 e. The van der Waals surface area contributed by atoms with E-state index in [2.05, 4.69) is 13.8 Å². The fraction of sp³-hybridized carbons (Fsp3) is 0.600. The minimum absolute atomic E-state index is 0.0325. The molecule has 2 heteroatoms. The molecule has 0 bridgehead atoms. The lowest BCUT2D eigenvalue weighted by atomic mass is 10.00. The summed E-state index contributed by atoms with van der Waals surface area (Å²) in [6, 6.07) is 3.73. The van der Waals surface area contributed by atoms with Gasteiger partial charge in [0, 0.05) is 0 Å². The maximum atomic E-state index is 9.80. The van der Waals surface area contributed by atoms with Gasteiger partial charge < -0.3 is 10.2 Å². The molecule has 1 aromatic rings. The topological polar surface area (TPSA) is 40.5 Å². The van der Waals surface area contributed by atoms with Crippen molar-refractivity contribution in [2.75, 3.05) is 0 Å². The van der Waals surface area contributed by atoms with Crippen LogP contribution in [0.5, 0.6) is 11.5 Å². The van der Waals surface area contributed by atoms with Crippen LogP contribution in [0, 0.1) is 0 Å². The van der Waals surface area contributed by atoms with Crippen molar-refractivity contribution in [1.82, 2.24) is 0 Å². The highest BCUT2D eigenvalue weighted by Gasteiger charge is 2.08. The van der Waals surface area contributed by atoms with Gasteiger partial charge in [-0.15, -0.1) is 0 Å². The van der Waals surface area contributed by atoms with E-state index in [0.717, 1.165) is 43.2 Å². The molecule has 0 aliphatic heterocycles. The lowest BCUT2D eigenvalue weighted by molar-refractivity contribution is 0.398. The van der Waals surface area contributed by atoms with Crippen molar-refractivity contribution in [3.63, 3.8) is 0 Å². The highest BCUT2D eigenvalue weighted by atomic mass is 16.3. The van der Waals surface area contributed by atoms with E-state index in [0.29, 0.717) is 0 Å². The largest absolute Gasteiger partial charge is 0.504 e. The van der Waals surface area contributed by atoms with Crippen molar-refractivity contribution in [2.24, 2.45) is 0 Å². The van der Waals surface area contributed by atoms with Gasteiger partial charge in [0.2, 0.25) is 0 Å². The molecule has 0 aromatic heterocycles. The van der Waals surface area contributed by atoms with Crippen LogP contribution in [0.3, 0.4) is 0 Å². The number of hydrogen-bond acceptors (Lipinski definition) is 2. The first-order valence-corrected chi connectivity index (χ1v) is 6.72. The van der Waals surface area contributed by atoms with Crippen LogP contribution in [-0.4, -0.2) is 10.2 Å². The molecule has 0 amide bonds. The van der Waals surface area contributed by atoms with Gasteiger partial charge in [-0.05, 0) is 42.9 Å². The smallest absolute Gasteiger partial charge is 0.160 e. The lowest BCUT2D eigenvalue weighted by Gasteiger charge is -2.09. The molecule has 0 unspecified atom stereocenters. The van der Waals surface area contributed by atoms with E-state index in [9.17, 15) is 10.2 Å². The number of phenols is 2. The SMILES string of the molecule is CCCCCc1cc(CCCC)cc(O)c1O. The zero-order valence-corrected chi connectivity index (χ0v) is 11.0. The molecule has 1 rings (SSSR count). The Morgan fingerprint density at radius 3 is 2.24 bits per heavy atom. The third kappa shape index (κ3) is 4.29. The molecule has 2 N–H and O–H groups in total. The van der Waals surface area contributed by atoms with Gasteiger partial charge in [0.25, 0.3) is 0 Å². The highest BCUT2D eigenvalue weighted by Crippen LogP contribution is 2.32. The van der Waals surface area contributed by atoms with E-state index in [1.165, 1.54) is 12.8 Å². The molecule has 0 atom stereocenters. The van der Waals surface area contributed by atoms with Gasteiger partial charge >= 0.3 is 0 Å². The van der Waals surface area contributed by atoms with Crippen LogP contribution in [0.2, 0.25) is 0 Å². The number of aryl methyl sites for hydroxylation is 2. The number of phenolic OH excluding ortho intramolecular Hbond substituents is 2. The molecular weight excluding hydrogens is 212 g/mol. The summed E-state index contributed by atoms with van der Waals surface area (Å²) < 4.78 is 0. The first kappa shape index (κ1) is 13.9. The number of hydrogen-bond donors (Lipinski definition) is 2. The zero-order valence-electron chi connectivity index (χ0n) is 11.0. The van der Waals surface area contributed by atoms with Gasteiger partial charge in [0.15, 0.2) is 11.5 Å². The number of unbranched alkanes of at least 4 members (excludes halogenated alkanes) is 3. The average Bonchev–Trinajstić information content (AvgIpc) is 2.32. The zero-order chi connectivity index (χ0) is 12.7. The van der Waals surface area contributed by atoms with Gasteiger partial charge in [0.1, 0.15) is 0 Å². The summed E-state index contributed by atoms with van der Waals surface area (Å²) in [4.78, 5) is 0. The third-order valence-corrected chi connectivity index (χ3v) is 3.10. The monoisotopic (exact) mass is 236 g/mol. The number of benzene rings is 1. The van der Waals surface area contributed by atoms with E-state index < -0.39 is 0 Å². The van der Waals surface area contributed by atoms with Gasteiger partial charge in [-0.25, -0.2) is 0 Å². The molecule has 0 saturated carbocycles. The van der Waals surface area contributed by atoms with Crippen molar-refractivity contribution in [2.45, 2.75) is 58.8 Å². The van der Waals surface area contributed by atoms with Crippen LogP contribution >= 0.6 is 0 Å². The molecule has 0 radical (unpaired) electrons. The van der Waals surface area contributed by atoms with Crippen LogP contribution in [-0.2, 0) is 12.8 Å². The van der Waals surface area contributed by atoms with E-state index in [1.807, 2.05) is 6.07 Å². The Morgan fingerprint density at radius 1 is 0.882 bits per heavy atom. The van der Waals surface area contributed by atoms with Crippen molar-refractivity contribution in [3.05, 3.63) is 23.3 Å². The van der Waals surface area contributed by atoms with Crippen LogP contribution in [0.25, 0.3) is 0 Å². The van der Waals surface area contributed by atoms with E-state index in [4.69, 9.17) is 0 Å². The minimum Gasteiger partial charge on any atom is -0.504 e. The molecule has 1 aromatic carbocycles. The van der Waals surface area contributed by atoms with Crippen LogP contribution in [0.15, 0.2) is 12.1 Å². The van der Waals surface area contributed by atoms with Gasteiger partial charge in [0.05, 0.1) is 0 Å². The second kappa shape index (κ2) is 7.21. The number of aromatic hydroxyl groups is 2. The predicted octanol–water partition coefficient (Wildman–Crippen LogP) is 4.17. The Labute approximate surface area is 104 Å². The van der Waals surface area contributed by atoms with Gasteiger partial charge in [-0.2, -0.15) is 0 Å². The summed E-state index contributed by atoms with van der Waals surface area (Å²) >= 11 is 0. The van der Waals surface area contributed by atoms with E-state index in [-0.39, 0.29) is 11.5 Å². The van der Waals surface area contributed by atoms with E-state index >= 15 is 0 Å². The standard InChI is InChI=1S/C15H24O2/c1-3-5-7-9-13-10-12(8-6-4-2)11-14(16)15(13)17/h10-11,16-17H,3-9H2,1-2H3. The molecule has 0 fully saturated rings. The molecule has 0 spiro atoms. The third-order valence-electron chi connectivity index (χ3n) is 3.10. The summed E-state index contributed by atoms with van der Waals surface area (Å²) in [7, 11) is 0.